The molecule has 0 fully saturated rings. The third kappa shape index (κ3) is 7.95. The highest BCUT2D eigenvalue weighted by atomic mass is 35.5. The topological polar surface area (TPSA) is 111 Å². The lowest BCUT2D eigenvalue weighted by Gasteiger charge is -2.30. The second kappa shape index (κ2) is 12.3. The van der Waals surface area contributed by atoms with Gasteiger partial charge in [-0.05, 0) is 68.5 Å². The fourth-order valence-corrected chi connectivity index (χ4v) is 4.46. The number of hydrogen-bond donors (Lipinski definition) is 1. The van der Waals surface area contributed by atoms with E-state index in [9.17, 15) is 19.2 Å². The van der Waals surface area contributed by atoms with Gasteiger partial charge in [0.05, 0.1) is 18.6 Å². The highest BCUT2D eigenvalue weighted by molar-refractivity contribution is 6.32. The second-order valence-corrected chi connectivity index (χ2v) is 10.5. The number of anilines is 1. The van der Waals surface area contributed by atoms with E-state index >= 15 is 0 Å². The third-order valence-corrected chi connectivity index (χ3v) is 6.08. The standard InChI is InChI=1S/C28H33ClN2O7/c1-17(32)37-24-11-9-19(14-21(24)29)16-25(33)31-12-6-7-20-13-18(8-10-23(20)31)15-22(26(34)36-5)30-27(35)38-28(2,3)4/h8-11,13-14,22H,6-7,12,15-16H2,1-5H3,(H,30,35)/t22-/m0/s1. The van der Waals surface area contributed by atoms with Crippen molar-refractivity contribution in [1.82, 2.24) is 5.32 Å². The van der Waals surface area contributed by atoms with Gasteiger partial charge in [0, 0.05) is 25.6 Å². The number of aryl methyl sites for hydroxylation is 1. The molecule has 1 heterocycles. The van der Waals surface area contributed by atoms with Gasteiger partial charge < -0.3 is 24.4 Å². The largest absolute Gasteiger partial charge is 0.467 e. The van der Waals surface area contributed by atoms with Gasteiger partial charge in [0.25, 0.3) is 0 Å². The summed E-state index contributed by atoms with van der Waals surface area (Å²) in [6, 6.07) is 9.63. The molecule has 0 spiro atoms. The van der Waals surface area contributed by atoms with Gasteiger partial charge in [-0.1, -0.05) is 29.8 Å². The maximum atomic E-state index is 13.2. The number of alkyl carbamates (subject to hydrolysis) is 1. The SMILES string of the molecule is COC(=O)[C@H](Cc1ccc2c(c1)CCCN2C(=O)Cc1ccc(OC(C)=O)c(Cl)c1)NC(=O)OC(C)(C)C. The number of hydrogen-bond acceptors (Lipinski definition) is 7. The van der Waals surface area contributed by atoms with Crippen LogP contribution in [0.3, 0.4) is 0 Å². The van der Waals surface area contributed by atoms with E-state index in [1.165, 1.54) is 14.0 Å². The van der Waals surface area contributed by atoms with Crippen molar-refractivity contribution in [2.24, 2.45) is 0 Å². The molecule has 3 rings (SSSR count). The molecular weight excluding hydrogens is 512 g/mol. The molecular formula is C28H33ClN2O7. The summed E-state index contributed by atoms with van der Waals surface area (Å²) in [5, 5.41) is 2.85. The summed E-state index contributed by atoms with van der Waals surface area (Å²) in [7, 11) is 1.26. The first-order valence-corrected chi connectivity index (χ1v) is 12.7. The van der Waals surface area contributed by atoms with Crippen molar-refractivity contribution >= 4 is 41.2 Å². The molecule has 1 aliphatic heterocycles. The zero-order valence-corrected chi connectivity index (χ0v) is 23.0. The number of carbonyl (C=O) groups excluding carboxylic acids is 4. The number of carbonyl (C=O) groups is 4. The lowest BCUT2D eigenvalue weighted by molar-refractivity contribution is -0.143. The zero-order valence-electron chi connectivity index (χ0n) is 22.3. The summed E-state index contributed by atoms with van der Waals surface area (Å²) in [5.74, 6) is -0.894. The summed E-state index contributed by atoms with van der Waals surface area (Å²) in [6.07, 6.45) is 1.19. The summed E-state index contributed by atoms with van der Waals surface area (Å²) >= 11 is 6.21. The molecule has 2 aromatic carbocycles. The molecule has 204 valence electrons. The molecule has 0 aromatic heterocycles. The Labute approximate surface area is 227 Å². The first kappa shape index (κ1) is 29.0. The van der Waals surface area contributed by atoms with Crippen molar-refractivity contribution in [2.45, 2.75) is 65.0 Å². The first-order chi connectivity index (χ1) is 17.9. The van der Waals surface area contributed by atoms with Crippen molar-refractivity contribution < 1.29 is 33.4 Å². The fourth-order valence-electron chi connectivity index (χ4n) is 4.22. The normalized spacial score (nSPS) is 13.7. The van der Waals surface area contributed by atoms with Crippen molar-refractivity contribution in [3.05, 3.63) is 58.1 Å². The minimum absolute atomic E-state index is 0.0889. The van der Waals surface area contributed by atoms with Gasteiger partial charge in [-0.3, -0.25) is 9.59 Å². The molecule has 0 saturated heterocycles. The van der Waals surface area contributed by atoms with Crippen LogP contribution in [0.25, 0.3) is 0 Å². The van der Waals surface area contributed by atoms with E-state index in [2.05, 4.69) is 5.32 Å². The van der Waals surface area contributed by atoms with Gasteiger partial charge >= 0.3 is 18.0 Å². The van der Waals surface area contributed by atoms with E-state index < -0.39 is 29.7 Å². The molecule has 0 bridgehead atoms. The van der Waals surface area contributed by atoms with Crippen LogP contribution in [0.2, 0.25) is 5.02 Å². The van der Waals surface area contributed by atoms with E-state index in [1.54, 1.807) is 43.9 Å². The van der Waals surface area contributed by atoms with Crippen LogP contribution in [-0.2, 0) is 43.1 Å². The number of benzene rings is 2. The summed E-state index contributed by atoms with van der Waals surface area (Å²) < 4.78 is 15.2. The van der Waals surface area contributed by atoms with Crippen molar-refractivity contribution in [3.8, 4) is 5.75 Å². The zero-order chi connectivity index (χ0) is 28.0. The molecule has 1 aliphatic rings. The predicted molar refractivity (Wildman–Crippen MR) is 142 cm³/mol. The second-order valence-electron chi connectivity index (χ2n) is 10.1. The highest BCUT2D eigenvalue weighted by Gasteiger charge is 2.27. The number of amides is 2. The van der Waals surface area contributed by atoms with Crippen LogP contribution in [0.4, 0.5) is 10.5 Å². The van der Waals surface area contributed by atoms with Gasteiger partial charge in [-0.25, -0.2) is 9.59 Å². The quantitative estimate of drug-likeness (QED) is 0.406. The monoisotopic (exact) mass is 544 g/mol. The van der Waals surface area contributed by atoms with Crippen LogP contribution in [0, 0.1) is 0 Å². The predicted octanol–water partition coefficient (Wildman–Crippen LogP) is 4.40. The first-order valence-electron chi connectivity index (χ1n) is 12.3. The molecule has 2 amide bonds. The Hall–Kier alpha value is -3.59. The Morgan fingerprint density at radius 3 is 2.42 bits per heavy atom. The van der Waals surface area contributed by atoms with Gasteiger partial charge in [-0.2, -0.15) is 0 Å². The molecule has 1 N–H and O–H groups in total. The molecule has 0 unspecified atom stereocenters. The van der Waals surface area contributed by atoms with Gasteiger partial charge in [0.15, 0.2) is 0 Å². The lowest BCUT2D eigenvalue weighted by Crippen LogP contribution is -2.45. The van der Waals surface area contributed by atoms with Crippen LogP contribution in [0.1, 0.15) is 50.8 Å². The number of halogens is 1. The molecule has 0 radical (unpaired) electrons. The smallest absolute Gasteiger partial charge is 0.408 e. The molecule has 38 heavy (non-hydrogen) atoms. The van der Waals surface area contributed by atoms with Crippen LogP contribution in [-0.4, -0.2) is 49.2 Å². The van der Waals surface area contributed by atoms with Crippen LogP contribution >= 0.6 is 11.6 Å². The van der Waals surface area contributed by atoms with Crippen molar-refractivity contribution in [3.63, 3.8) is 0 Å². The van der Waals surface area contributed by atoms with E-state index in [0.29, 0.717) is 12.1 Å². The number of esters is 2. The highest BCUT2D eigenvalue weighted by Crippen LogP contribution is 2.30. The molecule has 0 saturated carbocycles. The van der Waals surface area contributed by atoms with Gasteiger partial charge in [0.2, 0.25) is 5.91 Å². The Kier molecular flexibility index (Phi) is 9.38. The summed E-state index contributed by atoms with van der Waals surface area (Å²) in [6.45, 7) is 7.09. The number of ether oxygens (including phenoxy) is 3. The maximum Gasteiger partial charge on any atom is 0.408 e. The molecule has 9 nitrogen and oxygen atoms in total. The number of nitrogens with zero attached hydrogens (tertiary/aromatic N) is 1. The van der Waals surface area contributed by atoms with Crippen molar-refractivity contribution in [2.75, 3.05) is 18.6 Å². The average molecular weight is 545 g/mol. The Bertz CT molecular complexity index is 1220. The Morgan fingerprint density at radius 2 is 1.79 bits per heavy atom. The summed E-state index contributed by atoms with van der Waals surface area (Å²) in [4.78, 5) is 50.7. The van der Waals surface area contributed by atoms with Crippen LogP contribution in [0.15, 0.2) is 36.4 Å². The Morgan fingerprint density at radius 1 is 1.08 bits per heavy atom. The molecule has 10 heteroatoms. The number of fused-ring (bicyclic) bond motifs is 1. The van der Waals surface area contributed by atoms with Gasteiger partial charge in [0.1, 0.15) is 17.4 Å². The number of nitrogens with one attached hydrogen (secondary N) is 1. The van der Waals surface area contributed by atoms with E-state index in [0.717, 1.165) is 29.7 Å². The maximum absolute atomic E-state index is 13.2. The molecule has 0 aliphatic carbocycles. The van der Waals surface area contributed by atoms with E-state index in [1.807, 2.05) is 18.2 Å². The van der Waals surface area contributed by atoms with E-state index in [-0.39, 0.29) is 29.5 Å². The third-order valence-electron chi connectivity index (χ3n) is 5.79. The van der Waals surface area contributed by atoms with Crippen LogP contribution in [0.5, 0.6) is 5.75 Å². The lowest BCUT2D eigenvalue weighted by atomic mass is 9.96. The van der Waals surface area contributed by atoms with E-state index in [4.69, 9.17) is 25.8 Å². The van der Waals surface area contributed by atoms with Crippen molar-refractivity contribution in [1.29, 1.82) is 0 Å². The molecule has 2 aromatic rings. The molecule has 1 atom stereocenters. The minimum atomic E-state index is -0.922. The van der Waals surface area contributed by atoms with Crippen LogP contribution < -0.4 is 15.0 Å². The summed E-state index contributed by atoms with van der Waals surface area (Å²) in [5.41, 5.74) is 2.60. The fraction of sp³-hybridized carbons (Fsp3) is 0.429. The average Bonchev–Trinajstić information content (AvgIpc) is 2.82. The Balaban J connectivity index is 1.73. The van der Waals surface area contributed by atoms with Gasteiger partial charge in [-0.15, -0.1) is 0 Å². The minimum Gasteiger partial charge on any atom is -0.467 e. The number of methoxy groups -OCH3 is 1. The number of rotatable bonds is 7.